The van der Waals surface area contributed by atoms with Gasteiger partial charge in [-0.05, 0) is 25.0 Å². The van der Waals surface area contributed by atoms with Gasteiger partial charge in [-0.15, -0.1) is 0 Å². The van der Waals surface area contributed by atoms with E-state index in [0.29, 0.717) is 11.1 Å². The highest BCUT2D eigenvalue weighted by atomic mass is 16.3. The van der Waals surface area contributed by atoms with E-state index in [0.717, 1.165) is 25.7 Å². The Hall–Kier alpha value is -3.66. The van der Waals surface area contributed by atoms with Crippen LogP contribution in [0.3, 0.4) is 0 Å². The van der Waals surface area contributed by atoms with E-state index in [1.807, 2.05) is 6.07 Å². The van der Waals surface area contributed by atoms with Crippen LogP contribution in [-0.4, -0.2) is 23.7 Å². The third-order valence-corrected chi connectivity index (χ3v) is 4.90. The molecular formula is C21H18N4O3. The number of hydrogen-bond donors (Lipinski definition) is 2. The molecule has 2 N–H and O–H groups in total. The van der Waals surface area contributed by atoms with Crippen molar-refractivity contribution in [1.29, 1.82) is 5.26 Å². The number of carbonyl (C=O) groups is 2. The summed E-state index contributed by atoms with van der Waals surface area (Å²) in [7, 11) is 0. The van der Waals surface area contributed by atoms with Crippen LogP contribution in [0.15, 0.2) is 57.6 Å². The second-order valence-corrected chi connectivity index (χ2v) is 6.73. The first kappa shape index (κ1) is 17.7. The van der Waals surface area contributed by atoms with Crippen molar-refractivity contribution in [3.05, 3.63) is 65.1 Å². The monoisotopic (exact) mass is 374 g/mol. The van der Waals surface area contributed by atoms with Gasteiger partial charge in [-0.3, -0.25) is 9.59 Å². The molecule has 0 bridgehead atoms. The zero-order valence-electron chi connectivity index (χ0n) is 15.1. The number of furan rings is 1. The number of fused-ring (bicyclic) bond motifs is 1. The van der Waals surface area contributed by atoms with Gasteiger partial charge in [-0.25, -0.2) is 4.99 Å². The summed E-state index contributed by atoms with van der Waals surface area (Å²) in [5.74, 6) is -0.444. The zero-order valence-corrected chi connectivity index (χ0v) is 15.1. The van der Waals surface area contributed by atoms with Gasteiger partial charge < -0.3 is 15.1 Å². The Bertz CT molecular complexity index is 1020. The molecule has 2 amide bonds. The van der Waals surface area contributed by atoms with Crippen LogP contribution in [0.4, 0.5) is 0 Å². The summed E-state index contributed by atoms with van der Waals surface area (Å²) >= 11 is 0. The van der Waals surface area contributed by atoms with Gasteiger partial charge in [0.25, 0.3) is 11.8 Å². The van der Waals surface area contributed by atoms with Crippen molar-refractivity contribution >= 4 is 23.3 Å². The number of amidine groups is 1. The number of nitriles is 1. The Morgan fingerprint density at radius 1 is 1.11 bits per heavy atom. The van der Waals surface area contributed by atoms with Gasteiger partial charge in [0.2, 0.25) is 0 Å². The van der Waals surface area contributed by atoms with Crippen LogP contribution in [0, 0.1) is 11.3 Å². The highest BCUT2D eigenvalue weighted by Gasteiger charge is 2.28. The Labute approximate surface area is 161 Å². The Morgan fingerprint density at radius 3 is 2.54 bits per heavy atom. The van der Waals surface area contributed by atoms with Gasteiger partial charge >= 0.3 is 0 Å². The molecule has 2 aliphatic rings. The summed E-state index contributed by atoms with van der Waals surface area (Å²) in [6.45, 7) is 0. The van der Waals surface area contributed by atoms with Gasteiger partial charge in [0, 0.05) is 17.2 Å². The van der Waals surface area contributed by atoms with Gasteiger partial charge in [0.05, 0.1) is 12.0 Å². The minimum Gasteiger partial charge on any atom is -0.459 e. The van der Waals surface area contributed by atoms with Gasteiger partial charge in [-0.1, -0.05) is 37.1 Å². The lowest BCUT2D eigenvalue weighted by atomic mass is 10.0. The third kappa shape index (κ3) is 3.32. The van der Waals surface area contributed by atoms with Crippen LogP contribution in [-0.2, 0) is 4.79 Å². The Balaban J connectivity index is 1.68. The molecule has 140 valence electrons. The van der Waals surface area contributed by atoms with Crippen molar-refractivity contribution in [3.8, 4) is 6.07 Å². The van der Waals surface area contributed by atoms with E-state index in [4.69, 9.17) is 4.42 Å². The van der Waals surface area contributed by atoms with E-state index in [1.165, 1.54) is 6.26 Å². The minimum atomic E-state index is -0.450. The highest BCUT2D eigenvalue weighted by molar-refractivity contribution is 6.20. The first-order valence-corrected chi connectivity index (χ1v) is 9.16. The molecular weight excluding hydrogens is 356 g/mol. The summed E-state index contributed by atoms with van der Waals surface area (Å²) in [6, 6.07) is 12.4. The lowest BCUT2D eigenvalue weighted by Gasteiger charge is -2.11. The SMILES string of the molecule is N#C/C(C(=O)NC1CCCC1)=C1/N=C(NC(=O)c2ccco2)c2ccccc21. The topological polar surface area (TPSA) is 107 Å². The van der Waals surface area contributed by atoms with E-state index in [1.54, 1.807) is 36.4 Å². The van der Waals surface area contributed by atoms with Gasteiger partial charge in [0.1, 0.15) is 17.5 Å². The molecule has 0 spiro atoms. The van der Waals surface area contributed by atoms with Crippen molar-refractivity contribution < 1.29 is 14.0 Å². The standard InChI is InChI=1S/C21H18N4O3/c22-12-16(20(26)23-13-6-1-2-7-13)18-14-8-3-4-9-15(14)19(24-18)25-21(27)17-10-5-11-28-17/h3-5,8-11,13H,1-2,6-7H2,(H,23,26)(H,24,25,27)/b18-16-. The van der Waals surface area contributed by atoms with E-state index >= 15 is 0 Å². The average molecular weight is 374 g/mol. The second kappa shape index (κ2) is 7.53. The minimum absolute atomic E-state index is 0.0541. The molecule has 2 heterocycles. The van der Waals surface area contributed by atoms with Crippen LogP contribution in [0.5, 0.6) is 0 Å². The third-order valence-electron chi connectivity index (χ3n) is 4.90. The maximum Gasteiger partial charge on any atom is 0.292 e. The van der Waals surface area contributed by atoms with Crippen molar-refractivity contribution in [3.63, 3.8) is 0 Å². The van der Waals surface area contributed by atoms with Crippen molar-refractivity contribution in [2.75, 3.05) is 0 Å². The van der Waals surface area contributed by atoms with Crippen LogP contribution in [0.2, 0.25) is 0 Å². The molecule has 1 fully saturated rings. The van der Waals surface area contributed by atoms with Crippen molar-refractivity contribution in [1.82, 2.24) is 10.6 Å². The summed E-state index contributed by atoms with van der Waals surface area (Å²) in [5, 5.41) is 15.3. The number of nitrogens with one attached hydrogen (secondary N) is 2. The summed E-state index contributed by atoms with van der Waals surface area (Å²) in [6.07, 6.45) is 5.40. The molecule has 0 radical (unpaired) electrons. The van der Waals surface area contributed by atoms with Gasteiger partial charge in [0.15, 0.2) is 5.76 Å². The molecule has 2 aromatic rings. The molecule has 0 atom stereocenters. The smallest absolute Gasteiger partial charge is 0.292 e. The fraction of sp³-hybridized carbons (Fsp3) is 0.238. The van der Waals surface area contributed by atoms with Crippen molar-refractivity contribution in [2.45, 2.75) is 31.7 Å². The van der Waals surface area contributed by atoms with E-state index in [9.17, 15) is 14.9 Å². The molecule has 0 unspecified atom stereocenters. The number of hydrogen-bond acceptors (Lipinski definition) is 5. The van der Waals surface area contributed by atoms with E-state index < -0.39 is 11.8 Å². The number of benzene rings is 1. The number of nitrogens with zero attached hydrogens (tertiary/aromatic N) is 2. The molecule has 28 heavy (non-hydrogen) atoms. The molecule has 1 aliphatic heterocycles. The van der Waals surface area contributed by atoms with Crippen LogP contribution in [0.25, 0.3) is 5.70 Å². The largest absolute Gasteiger partial charge is 0.459 e. The zero-order chi connectivity index (χ0) is 19.5. The molecule has 1 saturated carbocycles. The molecule has 7 nitrogen and oxygen atoms in total. The van der Waals surface area contributed by atoms with Crippen molar-refractivity contribution in [2.24, 2.45) is 4.99 Å². The first-order valence-electron chi connectivity index (χ1n) is 9.16. The molecule has 7 heteroatoms. The van der Waals surface area contributed by atoms with Gasteiger partial charge in [-0.2, -0.15) is 5.26 Å². The van der Waals surface area contributed by atoms with E-state index in [2.05, 4.69) is 15.6 Å². The number of amides is 2. The molecule has 0 saturated heterocycles. The molecule has 1 aliphatic carbocycles. The molecule has 1 aromatic heterocycles. The Kier molecular flexibility index (Phi) is 4.77. The maximum absolute atomic E-state index is 12.7. The van der Waals surface area contributed by atoms with Crippen LogP contribution < -0.4 is 10.6 Å². The lowest BCUT2D eigenvalue weighted by Crippen LogP contribution is -2.33. The normalized spacial score (nSPS) is 17.5. The Morgan fingerprint density at radius 2 is 1.86 bits per heavy atom. The number of rotatable bonds is 3. The second-order valence-electron chi connectivity index (χ2n) is 6.73. The summed E-state index contributed by atoms with van der Waals surface area (Å²) in [5.41, 5.74) is 1.50. The fourth-order valence-electron chi connectivity index (χ4n) is 3.53. The fourth-order valence-corrected chi connectivity index (χ4v) is 3.53. The molecule has 4 rings (SSSR count). The first-order chi connectivity index (χ1) is 13.7. The average Bonchev–Trinajstić information content (AvgIpc) is 3.45. The summed E-state index contributed by atoms with van der Waals surface area (Å²) in [4.78, 5) is 29.4. The van der Waals surface area contributed by atoms with E-state index in [-0.39, 0.29) is 28.9 Å². The highest BCUT2D eigenvalue weighted by Crippen LogP contribution is 2.31. The predicted molar refractivity (Wildman–Crippen MR) is 102 cm³/mol. The number of carbonyl (C=O) groups excluding carboxylic acids is 2. The molecule has 1 aromatic carbocycles. The quantitative estimate of drug-likeness (QED) is 0.636. The summed E-state index contributed by atoms with van der Waals surface area (Å²) < 4.78 is 5.11. The van der Waals surface area contributed by atoms with Crippen LogP contribution >= 0.6 is 0 Å². The van der Waals surface area contributed by atoms with Crippen LogP contribution in [0.1, 0.15) is 47.4 Å². The predicted octanol–water partition coefficient (Wildman–Crippen LogP) is 2.76. The lowest BCUT2D eigenvalue weighted by molar-refractivity contribution is -0.117. The maximum atomic E-state index is 12.7. The number of aliphatic imine (C=N–C) groups is 1.